The lowest BCUT2D eigenvalue weighted by Crippen LogP contribution is -2.27. The number of rotatable bonds is 4. The zero-order valence-electron chi connectivity index (χ0n) is 9.77. The molecule has 2 aromatic rings. The van der Waals surface area contributed by atoms with E-state index in [1.165, 1.54) is 10.9 Å². The fourth-order valence-electron chi connectivity index (χ4n) is 2.04. The highest BCUT2D eigenvalue weighted by molar-refractivity contribution is 5.83. The van der Waals surface area contributed by atoms with E-state index in [1.807, 2.05) is 37.3 Å². The summed E-state index contributed by atoms with van der Waals surface area (Å²) in [5, 5.41) is 11.1. The number of aromatic amines is 1. The Labute approximate surface area is 95.7 Å². The number of hydrogen-bond acceptors (Lipinski definition) is 2. The van der Waals surface area contributed by atoms with Gasteiger partial charge in [0.15, 0.2) is 0 Å². The minimum absolute atomic E-state index is 0.311. The number of aliphatic hydroxyl groups is 1. The van der Waals surface area contributed by atoms with Crippen molar-refractivity contribution in [2.75, 3.05) is 20.6 Å². The first-order valence-electron chi connectivity index (χ1n) is 5.54. The van der Waals surface area contributed by atoms with E-state index in [4.69, 9.17) is 0 Å². The normalized spacial score (nSPS) is 13.5. The van der Waals surface area contributed by atoms with Crippen LogP contribution < -0.4 is 0 Å². The Kier molecular flexibility index (Phi) is 3.27. The van der Waals surface area contributed by atoms with Gasteiger partial charge in [0, 0.05) is 30.1 Å². The zero-order valence-corrected chi connectivity index (χ0v) is 9.77. The number of para-hydroxylation sites is 1. The third kappa shape index (κ3) is 2.43. The van der Waals surface area contributed by atoms with E-state index in [2.05, 4.69) is 17.1 Å². The molecule has 0 saturated carbocycles. The van der Waals surface area contributed by atoms with Crippen LogP contribution in [0.2, 0.25) is 0 Å². The quantitative estimate of drug-likeness (QED) is 0.818. The van der Waals surface area contributed by atoms with Crippen LogP contribution in [0, 0.1) is 0 Å². The van der Waals surface area contributed by atoms with Gasteiger partial charge in [0.2, 0.25) is 0 Å². The molecule has 0 bridgehead atoms. The highest BCUT2D eigenvalue weighted by Crippen LogP contribution is 2.19. The number of nitrogens with zero attached hydrogens (tertiary/aromatic N) is 1. The van der Waals surface area contributed by atoms with Crippen LogP contribution in [-0.4, -0.2) is 41.7 Å². The van der Waals surface area contributed by atoms with Crippen molar-refractivity contribution in [1.29, 1.82) is 0 Å². The molecule has 16 heavy (non-hydrogen) atoms. The molecule has 86 valence electrons. The van der Waals surface area contributed by atoms with Crippen molar-refractivity contribution in [3.8, 4) is 0 Å². The van der Waals surface area contributed by atoms with Gasteiger partial charge in [-0.1, -0.05) is 18.2 Å². The molecule has 0 aliphatic rings. The second kappa shape index (κ2) is 4.68. The number of likely N-dealkylation sites (N-methyl/N-ethyl adjacent to an activating group) is 1. The van der Waals surface area contributed by atoms with E-state index >= 15 is 0 Å². The largest absolute Gasteiger partial charge is 0.391 e. The van der Waals surface area contributed by atoms with Crippen molar-refractivity contribution in [3.63, 3.8) is 0 Å². The number of aliphatic hydroxyl groups excluding tert-OH is 1. The van der Waals surface area contributed by atoms with Crippen LogP contribution in [0.15, 0.2) is 30.5 Å². The molecule has 0 spiro atoms. The van der Waals surface area contributed by atoms with Gasteiger partial charge in [-0.3, -0.25) is 0 Å². The van der Waals surface area contributed by atoms with Gasteiger partial charge in [-0.25, -0.2) is 0 Å². The SMILES string of the molecule is CN(C)CC(O)Cc1c[nH]c2ccccc12. The highest BCUT2D eigenvalue weighted by Gasteiger charge is 2.10. The maximum Gasteiger partial charge on any atom is 0.0707 e. The molecule has 2 N–H and O–H groups in total. The van der Waals surface area contributed by atoms with Crippen LogP contribution in [0.4, 0.5) is 0 Å². The molecule has 1 heterocycles. The Morgan fingerprint density at radius 3 is 2.81 bits per heavy atom. The molecule has 0 aliphatic carbocycles. The molecule has 1 aromatic carbocycles. The van der Waals surface area contributed by atoms with Crippen molar-refractivity contribution in [1.82, 2.24) is 9.88 Å². The van der Waals surface area contributed by atoms with Crippen molar-refractivity contribution >= 4 is 10.9 Å². The maximum absolute atomic E-state index is 9.90. The number of hydrogen-bond donors (Lipinski definition) is 2. The summed E-state index contributed by atoms with van der Waals surface area (Å²) in [5.74, 6) is 0. The Bertz CT molecular complexity index is 462. The minimum atomic E-state index is -0.311. The van der Waals surface area contributed by atoms with Gasteiger partial charge in [-0.2, -0.15) is 0 Å². The van der Waals surface area contributed by atoms with Crippen LogP contribution in [0.1, 0.15) is 5.56 Å². The van der Waals surface area contributed by atoms with Gasteiger partial charge in [-0.05, 0) is 25.7 Å². The van der Waals surface area contributed by atoms with E-state index in [-0.39, 0.29) is 6.10 Å². The standard InChI is InChI=1S/C13H18N2O/c1-15(2)9-11(16)7-10-8-14-13-6-4-3-5-12(10)13/h3-6,8,11,14,16H,7,9H2,1-2H3. The monoisotopic (exact) mass is 218 g/mol. The number of fused-ring (bicyclic) bond motifs is 1. The van der Waals surface area contributed by atoms with Crippen LogP contribution in [0.3, 0.4) is 0 Å². The minimum Gasteiger partial charge on any atom is -0.391 e. The number of H-pyrrole nitrogens is 1. The van der Waals surface area contributed by atoms with E-state index in [0.29, 0.717) is 13.0 Å². The predicted octanol–water partition coefficient (Wildman–Crippen LogP) is 1.63. The van der Waals surface area contributed by atoms with Crippen molar-refractivity contribution in [2.45, 2.75) is 12.5 Å². The van der Waals surface area contributed by atoms with Gasteiger partial charge in [-0.15, -0.1) is 0 Å². The van der Waals surface area contributed by atoms with Crippen LogP contribution in [0.5, 0.6) is 0 Å². The Hall–Kier alpha value is -1.32. The fourth-order valence-corrected chi connectivity index (χ4v) is 2.04. The highest BCUT2D eigenvalue weighted by atomic mass is 16.3. The molecule has 1 atom stereocenters. The molecule has 1 aromatic heterocycles. The average molecular weight is 218 g/mol. The summed E-state index contributed by atoms with van der Waals surface area (Å²) in [6.45, 7) is 0.694. The lowest BCUT2D eigenvalue weighted by Gasteiger charge is -2.15. The number of benzene rings is 1. The second-order valence-corrected chi connectivity index (χ2v) is 4.48. The predicted molar refractivity (Wildman–Crippen MR) is 66.6 cm³/mol. The number of nitrogens with one attached hydrogen (secondary N) is 1. The third-order valence-electron chi connectivity index (χ3n) is 2.71. The van der Waals surface area contributed by atoms with Crippen LogP contribution in [0.25, 0.3) is 10.9 Å². The van der Waals surface area contributed by atoms with Gasteiger partial charge < -0.3 is 15.0 Å². The summed E-state index contributed by atoms with van der Waals surface area (Å²) >= 11 is 0. The van der Waals surface area contributed by atoms with E-state index in [0.717, 1.165) is 5.52 Å². The first kappa shape index (κ1) is 11.2. The van der Waals surface area contributed by atoms with E-state index in [1.54, 1.807) is 0 Å². The summed E-state index contributed by atoms with van der Waals surface area (Å²) in [6.07, 6.45) is 2.38. The first-order valence-corrected chi connectivity index (χ1v) is 5.54. The fraction of sp³-hybridized carbons (Fsp3) is 0.385. The van der Waals surface area contributed by atoms with Gasteiger partial charge in [0.05, 0.1) is 6.10 Å². The Morgan fingerprint density at radius 2 is 2.06 bits per heavy atom. The first-order chi connectivity index (χ1) is 7.66. The summed E-state index contributed by atoms with van der Waals surface area (Å²) in [7, 11) is 3.94. The van der Waals surface area contributed by atoms with E-state index in [9.17, 15) is 5.11 Å². The molecular weight excluding hydrogens is 200 g/mol. The molecule has 3 heteroatoms. The molecule has 2 rings (SSSR count). The summed E-state index contributed by atoms with van der Waals surface area (Å²) < 4.78 is 0. The molecule has 0 radical (unpaired) electrons. The van der Waals surface area contributed by atoms with Crippen LogP contribution >= 0.6 is 0 Å². The third-order valence-corrected chi connectivity index (χ3v) is 2.71. The second-order valence-electron chi connectivity index (χ2n) is 4.48. The van der Waals surface area contributed by atoms with Crippen molar-refractivity contribution in [2.24, 2.45) is 0 Å². The Balaban J connectivity index is 2.15. The van der Waals surface area contributed by atoms with Gasteiger partial charge in [0.1, 0.15) is 0 Å². The van der Waals surface area contributed by atoms with E-state index < -0.39 is 0 Å². The zero-order chi connectivity index (χ0) is 11.5. The summed E-state index contributed by atoms with van der Waals surface area (Å²) in [5.41, 5.74) is 2.32. The lowest BCUT2D eigenvalue weighted by molar-refractivity contribution is 0.137. The molecular formula is C13H18N2O. The smallest absolute Gasteiger partial charge is 0.0707 e. The molecule has 3 nitrogen and oxygen atoms in total. The van der Waals surface area contributed by atoms with Crippen LogP contribution in [-0.2, 0) is 6.42 Å². The van der Waals surface area contributed by atoms with Crippen molar-refractivity contribution in [3.05, 3.63) is 36.0 Å². The molecule has 0 fully saturated rings. The Morgan fingerprint density at radius 1 is 1.31 bits per heavy atom. The van der Waals surface area contributed by atoms with Gasteiger partial charge in [0.25, 0.3) is 0 Å². The van der Waals surface area contributed by atoms with Gasteiger partial charge >= 0.3 is 0 Å². The molecule has 0 amide bonds. The van der Waals surface area contributed by atoms with Crippen molar-refractivity contribution < 1.29 is 5.11 Å². The summed E-state index contributed by atoms with van der Waals surface area (Å²) in [6, 6.07) is 8.18. The number of aromatic nitrogens is 1. The molecule has 0 aliphatic heterocycles. The topological polar surface area (TPSA) is 39.3 Å². The maximum atomic E-state index is 9.90. The average Bonchev–Trinajstić information content (AvgIpc) is 2.61. The summed E-state index contributed by atoms with van der Waals surface area (Å²) in [4.78, 5) is 5.22. The lowest BCUT2D eigenvalue weighted by atomic mass is 10.1. The molecule has 0 saturated heterocycles. The molecule has 1 unspecified atom stereocenters.